The highest BCUT2D eigenvalue weighted by Gasteiger charge is 2.00. The molecule has 5 heteroatoms. The molecule has 0 amide bonds. The van der Waals surface area contributed by atoms with Crippen molar-refractivity contribution in [3.05, 3.63) is 46.4 Å². The predicted octanol–water partition coefficient (Wildman–Crippen LogP) is 2.92. The van der Waals surface area contributed by atoms with Crippen LogP contribution in [0.4, 0.5) is 10.1 Å². The predicted molar refractivity (Wildman–Crippen MR) is 60.0 cm³/mol. The molecule has 1 heterocycles. The lowest BCUT2D eigenvalue weighted by atomic mass is 10.3. The summed E-state index contributed by atoms with van der Waals surface area (Å²) in [5.74, 6) is -0.262. The van der Waals surface area contributed by atoms with Gasteiger partial charge in [0.05, 0.1) is 16.7 Å². The van der Waals surface area contributed by atoms with Crippen molar-refractivity contribution in [2.45, 2.75) is 6.54 Å². The summed E-state index contributed by atoms with van der Waals surface area (Å²) >= 11 is 3.13. The van der Waals surface area contributed by atoms with Crippen LogP contribution in [0.5, 0.6) is 0 Å². The number of anilines is 1. The lowest BCUT2D eigenvalue weighted by Gasteiger charge is -2.05. The van der Waals surface area contributed by atoms with Crippen LogP contribution in [-0.4, -0.2) is 10.2 Å². The lowest BCUT2D eigenvalue weighted by Crippen LogP contribution is -1.99. The largest absolute Gasteiger partial charge is 0.379 e. The summed E-state index contributed by atoms with van der Waals surface area (Å²) < 4.78 is 13.4. The zero-order valence-electron chi connectivity index (χ0n) is 7.80. The van der Waals surface area contributed by atoms with Crippen LogP contribution in [0.15, 0.2) is 34.9 Å². The van der Waals surface area contributed by atoms with Gasteiger partial charge in [-0.2, -0.15) is 5.10 Å². The molecule has 0 saturated heterocycles. The Kier molecular flexibility index (Phi) is 3.01. The van der Waals surface area contributed by atoms with E-state index in [2.05, 4.69) is 31.4 Å². The third-order valence-electron chi connectivity index (χ3n) is 1.96. The van der Waals surface area contributed by atoms with Gasteiger partial charge in [0.15, 0.2) is 0 Å². The van der Waals surface area contributed by atoms with Gasteiger partial charge in [0.1, 0.15) is 5.82 Å². The number of halogens is 2. The first kappa shape index (κ1) is 10.2. The minimum Gasteiger partial charge on any atom is -0.379 e. The molecular formula is C10H9BrFN3. The van der Waals surface area contributed by atoms with Crippen LogP contribution < -0.4 is 5.32 Å². The summed E-state index contributed by atoms with van der Waals surface area (Å²) in [4.78, 5) is 0. The summed E-state index contributed by atoms with van der Waals surface area (Å²) in [6.07, 6.45) is 1.69. The van der Waals surface area contributed by atoms with Gasteiger partial charge in [0, 0.05) is 11.9 Å². The number of hydrogen-bond donors (Lipinski definition) is 2. The maximum atomic E-state index is 12.9. The Bertz CT molecular complexity index is 442. The Morgan fingerprint density at radius 2 is 2.27 bits per heavy atom. The molecule has 2 rings (SSSR count). The standard InChI is InChI=1S/C10H9BrFN3/c11-9-5-7(1-2-10(9)12)13-6-8-3-4-14-15-8/h1-5,13H,6H2,(H,14,15). The number of rotatable bonds is 3. The van der Waals surface area contributed by atoms with Crippen LogP contribution in [0.2, 0.25) is 0 Å². The normalized spacial score (nSPS) is 10.3. The van der Waals surface area contributed by atoms with Crippen molar-refractivity contribution >= 4 is 21.6 Å². The molecule has 3 nitrogen and oxygen atoms in total. The second-order valence-electron chi connectivity index (χ2n) is 3.06. The Balaban J connectivity index is 2.02. The van der Waals surface area contributed by atoms with E-state index in [4.69, 9.17) is 0 Å². The third-order valence-corrected chi connectivity index (χ3v) is 2.57. The summed E-state index contributed by atoms with van der Waals surface area (Å²) in [5, 5.41) is 9.81. The van der Waals surface area contributed by atoms with Crippen molar-refractivity contribution < 1.29 is 4.39 Å². The smallest absolute Gasteiger partial charge is 0.137 e. The van der Waals surface area contributed by atoms with Gasteiger partial charge in [-0.3, -0.25) is 5.10 Å². The average Bonchev–Trinajstić information content (AvgIpc) is 2.73. The fourth-order valence-electron chi connectivity index (χ4n) is 1.19. The monoisotopic (exact) mass is 269 g/mol. The Hall–Kier alpha value is -1.36. The number of H-pyrrole nitrogens is 1. The molecule has 0 saturated carbocycles. The molecule has 0 fully saturated rings. The molecule has 0 spiro atoms. The molecule has 0 aliphatic carbocycles. The van der Waals surface area contributed by atoms with E-state index in [0.29, 0.717) is 11.0 Å². The molecule has 78 valence electrons. The lowest BCUT2D eigenvalue weighted by molar-refractivity contribution is 0.621. The molecule has 0 bridgehead atoms. The molecule has 2 N–H and O–H groups in total. The maximum Gasteiger partial charge on any atom is 0.137 e. The molecule has 0 radical (unpaired) electrons. The van der Waals surface area contributed by atoms with Gasteiger partial charge >= 0.3 is 0 Å². The van der Waals surface area contributed by atoms with Crippen LogP contribution in [0.25, 0.3) is 0 Å². The zero-order chi connectivity index (χ0) is 10.7. The molecule has 0 aliphatic rings. The van der Waals surface area contributed by atoms with E-state index in [1.54, 1.807) is 18.3 Å². The fraction of sp³-hybridized carbons (Fsp3) is 0.100. The van der Waals surface area contributed by atoms with Crippen LogP contribution >= 0.6 is 15.9 Å². The summed E-state index contributed by atoms with van der Waals surface area (Å²) in [6, 6.07) is 6.69. The summed E-state index contributed by atoms with van der Waals surface area (Å²) in [6.45, 7) is 0.637. The van der Waals surface area contributed by atoms with Gasteiger partial charge in [-0.05, 0) is 40.2 Å². The first-order chi connectivity index (χ1) is 7.25. The van der Waals surface area contributed by atoms with Gasteiger partial charge in [0.25, 0.3) is 0 Å². The molecule has 0 unspecified atom stereocenters. The van der Waals surface area contributed by atoms with Crippen LogP contribution in [0, 0.1) is 5.82 Å². The van der Waals surface area contributed by atoms with Crippen molar-refractivity contribution in [3.8, 4) is 0 Å². The van der Waals surface area contributed by atoms with E-state index in [-0.39, 0.29) is 5.82 Å². The highest BCUT2D eigenvalue weighted by atomic mass is 79.9. The molecule has 2 aromatic rings. The molecule has 0 atom stereocenters. The average molecular weight is 270 g/mol. The number of benzene rings is 1. The quantitative estimate of drug-likeness (QED) is 0.900. The highest BCUT2D eigenvalue weighted by Crippen LogP contribution is 2.20. The first-order valence-corrected chi connectivity index (χ1v) is 5.22. The van der Waals surface area contributed by atoms with Crippen molar-refractivity contribution in [1.29, 1.82) is 0 Å². The van der Waals surface area contributed by atoms with Gasteiger partial charge < -0.3 is 5.32 Å². The second kappa shape index (κ2) is 4.44. The van der Waals surface area contributed by atoms with E-state index in [0.717, 1.165) is 11.4 Å². The Morgan fingerprint density at radius 3 is 2.93 bits per heavy atom. The number of nitrogens with zero attached hydrogens (tertiary/aromatic N) is 1. The Morgan fingerprint density at radius 1 is 1.40 bits per heavy atom. The molecule has 0 aliphatic heterocycles. The van der Waals surface area contributed by atoms with E-state index in [1.165, 1.54) is 6.07 Å². The van der Waals surface area contributed by atoms with Gasteiger partial charge in [-0.15, -0.1) is 0 Å². The molecule has 1 aromatic carbocycles. The number of hydrogen-bond acceptors (Lipinski definition) is 2. The molecule has 1 aromatic heterocycles. The third kappa shape index (κ3) is 2.56. The minimum atomic E-state index is -0.262. The van der Waals surface area contributed by atoms with E-state index >= 15 is 0 Å². The highest BCUT2D eigenvalue weighted by molar-refractivity contribution is 9.10. The van der Waals surface area contributed by atoms with Crippen molar-refractivity contribution in [3.63, 3.8) is 0 Å². The van der Waals surface area contributed by atoms with Gasteiger partial charge in [-0.25, -0.2) is 4.39 Å². The van der Waals surface area contributed by atoms with Crippen molar-refractivity contribution in [2.75, 3.05) is 5.32 Å². The van der Waals surface area contributed by atoms with Gasteiger partial charge in [0.2, 0.25) is 0 Å². The zero-order valence-corrected chi connectivity index (χ0v) is 9.38. The van der Waals surface area contributed by atoms with E-state index < -0.39 is 0 Å². The minimum absolute atomic E-state index is 0.262. The second-order valence-corrected chi connectivity index (χ2v) is 3.92. The number of nitrogens with one attached hydrogen (secondary N) is 2. The number of aromatic nitrogens is 2. The number of aromatic amines is 1. The molecular weight excluding hydrogens is 261 g/mol. The Labute approximate surface area is 94.8 Å². The molecule has 15 heavy (non-hydrogen) atoms. The maximum absolute atomic E-state index is 12.9. The van der Waals surface area contributed by atoms with Crippen molar-refractivity contribution in [2.24, 2.45) is 0 Å². The first-order valence-electron chi connectivity index (χ1n) is 4.43. The van der Waals surface area contributed by atoms with Crippen LogP contribution in [0.3, 0.4) is 0 Å². The van der Waals surface area contributed by atoms with Crippen LogP contribution in [0.1, 0.15) is 5.69 Å². The van der Waals surface area contributed by atoms with E-state index in [1.807, 2.05) is 6.07 Å². The van der Waals surface area contributed by atoms with Gasteiger partial charge in [-0.1, -0.05) is 0 Å². The summed E-state index contributed by atoms with van der Waals surface area (Å²) in [7, 11) is 0. The topological polar surface area (TPSA) is 40.7 Å². The fourth-order valence-corrected chi connectivity index (χ4v) is 1.57. The van der Waals surface area contributed by atoms with E-state index in [9.17, 15) is 4.39 Å². The SMILES string of the molecule is Fc1ccc(NCc2ccn[nH]2)cc1Br. The van der Waals surface area contributed by atoms with Crippen molar-refractivity contribution in [1.82, 2.24) is 10.2 Å². The van der Waals surface area contributed by atoms with Crippen LogP contribution in [-0.2, 0) is 6.54 Å². The summed E-state index contributed by atoms with van der Waals surface area (Å²) in [5.41, 5.74) is 1.84.